The van der Waals surface area contributed by atoms with E-state index in [0.717, 1.165) is 5.56 Å². The number of carbonyl (C=O) groups is 1. The van der Waals surface area contributed by atoms with E-state index in [-0.39, 0.29) is 17.1 Å². The van der Waals surface area contributed by atoms with Crippen molar-refractivity contribution < 1.29 is 9.53 Å². The Labute approximate surface area is 188 Å². The topological polar surface area (TPSA) is 72.0 Å². The lowest BCUT2D eigenvalue weighted by molar-refractivity contribution is 0.102. The van der Waals surface area contributed by atoms with Gasteiger partial charge in [0.1, 0.15) is 5.75 Å². The van der Waals surface area contributed by atoms with E-state index in [2.05, 4.69) is 9.97 Å². The molecule has 1 heterocycles. The van der Waals surface area contributed by atoms with E-state index < -0.39 is 0 Å². The van der Waals surface area contributed by atoms with Crippen molar-refractivity contribution in [2.45, 2.75) is 24.9 Å². The number of ether oxygens (including phenoxy) is 1. The largest absolute Gasteiger partial charge is 0.497 e. The number of rotatable bonds is 8. The highest BCUT2D eigenvalue weighted by Gasteiger charge is 2.16. The minimum atomic E-state index is -0.218. The number of benzene rings is 2. The summed E-state index contributed by atoms with van der Waals surface area (Å²) in [5, 5.41) is 1.43. The molecule has 0 fully saturated rings. The first-order valence-corrected chi connectivity index (χ1v) is 11.0. The second-order valence-electron chi connectivity index (χ2n) is 6.47. The van der Waals surface area contributed by atoms with E-state index in [1.807, 2.05) is 6.92 Å². The van der Waals surface area contributed by atoms with Crippen LogP contribution in [0.4, 0.5) is 0 Å². The number of H-pyrrole nitrogens is 1. The zero-order valence-corrected chi connectivity index (χ0v) is 18.8. The Morgan fingerprint density at radius 3 is 2.37 bits per heavy atom. The number of carbonyl (C=O) groups excluding carboxylic acids is 1. The third-order valence-electron chi connectivity index (χ3n) is 4.59. The Morgan fingerprint density at radius 2 is 1.77 bits per heavy atom. The van der Waals surface area contributed by atoms with Gasteiger partial charge in [0.2, 0.25) is 0 Å². The molecule has 0 saturated carbocycles. The molecular weight excluding hydrogens is 443 g/mol. The summed E-state index contributed by atoms with van der Waals surface area (Å²) in [6.07, 6.45) is 0.862. The van der Waals surface area contributed by atoms with E-state index in [0.29, 0.717) is 50.6 Å². The maximum atomic E-state index is 12.6. The van der Waals surface area contributed by atoms with Crippen molar-refractivity contribution in [1.29, 1.82) is 0 Å². The van der Waals surface area contributed by atoms with Crippen LogP contribution in [0.1, 0.15) is 34.1 Å². The van der Waals surface area contributed by atoms with Gasteiger partial charge in [0.25, 0.3) is 5.56 Å². The van der Waals surface area contributed by atoms with Gasteiger partial charge in [0, 0.05) is 27.6 Å². The number of hydrogen-bond acceptors (Lipinski definition) is 5. The normalized spacial score (nSPS) is 10.8. The minimum Gasteiger partial charge on any atom is -0.497 e. The first kappa shape index (κ1) is 22.4. The SMILES string of the molecule is CCc1c(Cc2c(Cl)cccc2Cl)nc(SCC(=O)c2ccc(OC)cc2)[nH]c1=O. The molecule has 8 heteroatoms. The van der Waals surface area contributed by atoms with Crippen molar-refractivity contribution in [1.82, 2.24) is 9.97 Å². The standard InChI is InChI=1S/C22H20Cl2N2O3S/c1-3-15-19(11-16-17(23)5-4-6-18(16)24)25-22(26-21(15)28)30-12-20(27)13-7-9-14(29-2)10-8-13/h4-10H,3,11-12H2,1-2H3,(H,25,26,28). The van der Waals surface area contributed by atoms with Crippen molar-refractivity contribution in [3.63, 3.8) is 0 Å². The molecule has 0 atom stereocenters. The van der Waals surface area contributed by atoms with Crippen LogP contribution in [0, 0.1) is 0 Å². The molecule has 3 aromatic rings. The summed E-state index contributed by atoms with van der Waals surface area (Å²) in [6.45, 7) is 1.89. The van der Waals surface area contributed by atoms with Crippen LogP contribution in [0.15, 0.2) is 52.4 Å². The van der Waals surface area contributed by atoms with Crippen LogP contribution < -0.4 is 10.3 Å². The number of thioether (sulfide) groups is 1. The zero-order chi connectivity index (χ0) is 21.7. The first-order chi connectivity index (χ1) is 14.4. The molecule has 0 aliphatic heterocycles. The molecular formula is C22H20Cl2N2O3S. The van der Waals surface area contributed by atoms with Crippen LogP contribution in [0.5, 0.6) is 5.75 Å². The number of ketones is 1. The minimum absolute atomic E-state index is 0.0689. The summed E-state index contributed by atoms with van der Waals surface area (Å²) in [5.74, 6) is 0.760. The first-order valence-electron chi connectivity index (χ1n) is 9.28. The number of methoxy groups -OCH3 is 1. The average Bonchev–Trinajstić information content (AvgIpc) is 2.74. The molecule has 0 aliphatic carbocycles. The van der Waals surface area contributed by atoms with Gasteiger partial charge in [-0.15, -0.1) is 0 Å². The van der Waals surface area contributed by atoms with Gasteiger partial charge >= 0.3 is 0 Å². The van der Waals surface area contributed by atoms with E-state index in [4.69, 9.17) is 27.9 Å². The second-order valence-corrected chi connectivity index (χ2v) is 8.25. The molecule has 3 rings (SSSR count). The highest BCUT2D eigenvalue weighted by atomic mass is 35.5. The molecule has 1 N–H and O–H groups in total. The summed E-state index contributed by atoms with van der Waals surface area (Å²) in [7, 11) is 1.57. The van der Waals surface area contributed by atoms with Gasteiger partial charge in [-0.05, 0) is 48.4 Å². The lowest BCUT2D eigenvalue weighted by Crippen LogP contribution is -2.19. The van der Waals surface area contributed by atoms with E-state index in [1.165, 1.54) is 11.8 Å². The number of halogens is 2. The molecule has 0 unspecified atom stereocenters. The fraction of sp³-hybridized carbons (Fsp3) is 0.227. The lowest BCUT2D eigenvalue weighted by Gasteiger charge is -2.11. The zero-order valence-electron chi connectivity index (χ0n) is 16.5. The Balaban J connectivity index is 1.82. The van der Waals surface area contributed by atoms with E-state index in [9.17, 15) is 9.59 Å². The Bertz CT molecular complexity index is 1090. The average molecular weight is 463 g/mol. The molecule has 5 nitrogen and oxygen atoms in total. The Kier molecular flexibility index (Phi) is 7.58. The van der Waals surface area contributed by atoms with Gasteiger partial charge in [-0.3, -0.25) is 9.59 Å². The Hall–Kier alpha value is -2.28. The highest BCUT2D eigenvalue weighted by molar-refractivity contribution is 7.99. The van der Waals surface area contributed by atoms with E-state index in [1.54, 1.807) is 49.6 Å². The fourth-order valence-corrected chi connectivity index (χ4v) is 4.27. The third-order valence-corrected chi connectivity index (χ3v) is 6.17. The number of nitrogens with zero attached hydrogens (tertiary/aromatic N) is 1. The van der Waals surface area contributed by atoms with Crippen molar-refractivity contribution in [3.8, 4) is 5.75 Å². The van der Waals surface area contributed by atoms with Gasteiger partial charge in [-0.25, -0.2) is 4.98 Å². The summed E-state index contributed by atoms with van der Waals surface area (Å²) in [4.78, 5) is 32.4. The molecule has 0 aliphatic rings. The van der Waals surface area contributed by atoms with E-state index >= 15 is 0 Å². The van der Waals surface area contributed by atoms with Crippen LogP contribution in [0.3, 0.4) is 0 Å². The predicted octanol–water partition coefficient (Wildman–Crippen LogP) is 5.21. The third kappa shape index (κ3) is 5.25. The smallest absolute Gasteiger partial charge is 0.254 e. The van der Waals surface area contributed by atoms with Crippen LogP contribution in [0.25, 0.3) is 0 Å². The number of nitrogens with one attached hydrogen (secondary N) is 1. The van der Waals surface area contributed by atoms with Crippen LogP contribution >= 0.6 is 35.0 Å². The van der Waals surface area contributed by atoms with Crippen LogP contribution in [-0.4, -0.2) is 28.6 Å². The molecule has 0 saturated heterocycles. The Morgan fingerprint density at radius 1 is 1.10 bits per heavy atom. The number of hydrogen-bond donors (Lipinski definition) is 1. The van der Waals surface area contributed by atoms with Crippen molar-refractivity contribution in [2.75, 3.05) is 12.9 Å². The molecule has 30 heavy (non-hydrogen) atoms. The number of Topliss-reactive ketones (excluding diaryl/α,β-unsaturated/α-hetero) is 1. The van der Waals surface area contributed by atoms with Gasteiger partial charge in [0.15, 0.2) is 10.9 Å². The molecule has 0 radical (unpaired) electrons. The summed E-state index contributed by atoms with van der Waals surface area (Å²) in [6, 6.07) is 12.2. The molecule has 0 spiro atoms. The quantitative estimate of drug-likeness (QED) is 0.282. The highest BCUT2D eigenvalue weighted by Crippen LogP contribution is 2.27. The van der Waals surface area contributed by atoms with Crippen molar-refractivity contribution in [3.05, 3.63) is 85.2 Å². The summed E-state index contributed by atoms with van der Waals surface area (Å²) in [5.41, 5.74) is 2.26. The maximum absolute atomic E-state index is 12.6. The van der Waals surface area contributed by atoms with Gasteiger partial charge in [-0.2, -0.15) is 0 Å². The molecule has 156 valence electrons. The number of aromatic amines is 1. The number of aromatic nitrogens is 2. The van der Waals surface area contributed by atoms with Crippen LogP contribution in [-0.2, 0) is 12.8 Å². The predicted molar refractivity (Wildman–Crippen MR) is 122 cm³/mol. The van der Waals surface area contributed by atoms with Gasteiger partial charge in [-0.1, -0.05) is 48.0 Å². The van der Waals surface area contributed by atoms with Crippen molar-refractivity contribution in [2.24, 2.45) is 0 Å². The summed E-state index contributed by atoms with van der Waals surface area (Å²) >= 11 is 13.8. The fourth-order valence-electron chi connectivity index (χ4n) is 2.96. The maximum Gasteiger partial charge on any atom is 0.254 e. The molecule has 1 aromatic heterocycles. The monoisotopic (exact) mass is 462 g/mol. The van der Waals surface area contributed by atoms with Gasteiger partial charge < -0.3 is 9.72 Å². The van der Waals surface area contributed by atoms with Crippen molar-refractivity contribution >= 4 is 40.7 Å². The lowest BCUT2D eigenvalue weighted by atomic mass is 10.0. The molecule has 0 amide bonds. The van der Waals surface area contributed by atoms with Gasteiger partial charge in [0.05, 0.1) is 18.6 Å². The second kappa shape index (κ2) is 10.2. The summed E-state index contributed by atoms with van der Waals surface area (Å²) < 4.78 is 5.11. The van der Waals surface area contributed by atoms with Crippen LogP contribution in [0.2, 0.25) is 10.0 Å². The molecule has 2 aromatic carbocycles. The molecule has 0 bridgehead atoms.